The van der Waals surface area contributed by atoms with Crippen molar-refractivity contribution in [2.75, 3.05) is 20.8 Å². The maximum absolute atomic E-state index is 13.4. The zero-order valence-corrected chi connectivity index (χ0v) is 18.9. The van der Waals surface area contributed by atoms with Crippen molar-refractivity contribution >= 4 is 17.5 Å². The predicted octanol–water partition coefficient (Wildman–Crippen LogP) is 4.57. The minimum atomic E-state index is -1.27. The molecular formula is C26H22ClNO5. The third-order valence-corrected chi connectivity index (χ3v) is 5.87. The van der Waals surface area contributed by atoms with Gasteiger partial charge in [-0.3, -0.25) is 9.69 Å². The Hall–Kier alpha value is -3.66. The highest BCUT2D eigenvalue weighted by Gasteiger charge is 2.52. The third-order valence-electron chi connectivity index (χ3n) is 5.62. The molecule has 0 aliphatic carbocycles. The SMILES string of the molecule is C#CCN1C(=O)c2ccccc2C1(OCc1cc(OC)c(O)c(OC)c1)c1ccc(Cl)cc1. The number of aromatic hydroxyl groups is 1. The number of amides is 1. The first-order chi connectivity index (χ1) is 16.0. The van der Waals surface area contributed by atoms with Crippen LogP contribution >= 0.6 is 11.6 Å². The van der Waals surface area contributed by atoms with Gasteiger partial charge in [0.2, 0.25) is 5.75 Å². The number of terminal acetylenes is 1. The van der Waals surface area contributed by atoms with E-state index in [1.54, 1.807) is 36.4 Å². The topological polar surface area (TPSA) is 68.2 Å². The summed E-state index contributed by atoms with van der Waals surface area (Å²) in [5.74, 6) is 2.75. The fourth-order valence-corrected chi connectivity index (χ4v) is 4.24. The lowest BCUT2D eigenvalue weighted by Gasteiger charge is -2.38. The summed E-state index contributed by atoms with van der Waals surface area (Å²) in [6, 6.07) is 17.7. The molecule has 1 N–H and O–H groups in total. The standard InChI is InChI=1S/C26H22ClNO5/c1-4-13-28-25(30)20-7-5-6-8-21(20)26(28,18-9-11-19(27)12-10-18)33-16-17-14-22(31-2)24(29)23(15-17)32-3/h1,5-12,14-15,29H,13,16H2,2-3H3. The van der Waals surface area contributed by atoms with Gasteiger partial charge in [-0.2, -0.15) is 0 Å². The highest BCUT2D eigenvalue weighted by Crippen LogP contribution is 2.46. The molecule has 1 unspecified atom stereocenters. The number of ether oxygens (including phenoxy) is 3. The molecule has 0 saturated heterocycles. The maximum Gasteiger partial charge on any atom is 0.257 e. The molecule has 0 saturated carbocycles. The van der Waals surface area contributed by atoms with E-state index in [4.69, 9.17) is 32.2 Å². The van der Waals surface area contributed by atoms with Crippen LogP contribution in [0.2, 0.25) is 5.02 Å². The van der Waals surface area contributed by atoms with Crippen molar-refractivity contribution in [1.29, 1.82) is 0 Å². The van der Waals surface area contributed by atoms with Gasteiger partial charge in [-0.05, 0) is 35.9 Å². The zero-order valence-electron chi connectivity index (χ0n) is 18.2. The number of halogens is 1. The molecule has 0 spiro atoms. The number of methoxy groups -OCH3 is 2. The summed E-state index contributed by atoms with van der Waals surface area (Å²) >= 11 is 6.14. The number of phenolic OH excluding ortho intramolecular Hbond substituents is 1. The lowest BCUT2D eigenvalue weighted by atomic mass is 9.93. The van der Waals surface area contributed by atoms with E-state index in [-0.39, 0.29) is 36.3 Å². The molecule has 6 nitrogen and oxygen atoms in total. The van der Waals surface area contributed by atoms with E-state index in [1.165, 1.54) is 19.1 Å². The van der Waals surface area contributed by atoms with Gasteiger partial charge in [0.15, 0.2) is 17.2 Å². The molecule has 4 rings (SSSR count). The van der Waals surface area contributed by atoms with Crippen molar-refractivity contribution in [3.8, 4) is 29.6 Å². The number of nitrogens with zero attached hydrogens (tertiary/aromatic N) is 1. The summed E-state index contributed by atoms with van der Waals surface area (Å²) in [7, 11) is 2.91. The van der Waals surface area contributed by atoms with Crippen LogP contribution in [-0.2, 0) is 17.1 Å². The summed E-state index contributed by atoms with van der Waals surface area (Å²) in [6.07, 6.45) is 5.65. The van der Waals surface area contributed by atoms with Crippen LogP contribution in [0.25, 0.3) is 0 Å². The van der Waals surface area contributed by atoms with Crippen LogP contribution in [0, 0.1) is 12.3 Å². The van der Waals surface area contributed by atoms with E-state index >= 15 is 0 Å². The largest absolute Gasteiger partial charge is 0.502 e. The van der Waals surface area contributed by atoms with Gasteiger partial charge >= 0.3 is 0 Å². The summed E-state index contributed by atoms with van der Waals surface area (Å²) in [5.41, 5.74) is 1.31. The molecule has 0 fully saturated rings. The molecule has 0 bridgehead atoms. The quantitative estimate of drug-likeness (QED) is 0.520. The van der Waals surface area contributed by atoms with Gasteiger partial charge in [0.05, 0.1) is 27.4 Å². The fourth-order valence-electron chi connectivity index (χ4n) is 4.12. The first kappa shape index (κ1) is 22.5. The van der Waals surface area contributed by atoms with Crippen LogP contribution in [0.1, 0.15) is 27.0 Å². The van der Waals surface area contributed by atoms with E-state index in [9.17, 15) is 9.90 Å². The van der Waals surface area contributed by atoms with Crippen molar-refractivity contribution < 1.29 is 24.1 Å². The lowest BCUT2D eigenvalue weighted by Crippen LogP contribution is -2.47. The van der Waals surface area contributed by atoms with Gasteiger partial charge in [0.1, 0.15) is 0 Å². The summed E-state index contributed by atoms with van der Waals surface area (Å²) in [6.45, 7) is 0.108. The van der Waals surface area contributed by atoms with Gasteiger partial charge in [-0.15, -0.1) is 6.42 Å². The van der Waals surface area contributed by atoms with E-state index < -0.39 is 5.72 Å². The molecule has 0 radical (unpaired) electrons. The van der Waals surface area contributed by atoms with Gasteiger partial charge in [-0.25, -0.2) is 0 Å². The minimum Gasteiger partial charge on any atom is -0.502 e. The molecule has 1 atom stereocenters. The summed E-state index contributed by atoms with van der Waals surface area (Å²) < 4.78 is 17.1. The van der Waals surface area contributed by atoms with Crippen molar-refractivity contribution in [3.63, 3.8) is 0 Å². The third kappa shape index (κ3) is 3.76. The van der Waals surface area contributed by atoms with Gasteiger partial charge in [0.25, 0.3) is 5.91 Å². The van der Waals surface area contributed by atoms with Crippen molar-refractivity contribution in [1.82, 2.24) is 4.90 Å². The molecule has 1 heterocycles. The van der Waals surface area contributed by atoms with Gasteiger partial charge in [-0.1, -0.05) is 47.9 Å². The molecule has 0 aromatic heterocycles. The number of rotatable bonds is 7. The second kappa shape index (κ2) is 9.07. The number of carbonyl (C=O) groups is 1. The number of phenols is 1. The van der Waals surface area contributed by atoms with Crippen molar-refractivity contribution in [2.45, 2.75) is 12.3 Å². The molecule has 1 amide bonds. The molecular weight excluding hydrogens is 442 g/mol. The second-order valence-corrected chi connectivity index (χ2v) is 7.87. The Balaban J connectivity index is 1.86. The van der Waals surface area contributed by atoms with Crippen LogP contribution in [0.5, 0.6) is 17.2 Å². The number of hydrogen-bond donors (Lipinski definition) is 1. The van der Waals surface area contributed by atoms with Crippen LogP contribution < -0.4 is 9.47 Å². The van der Waals surface area contributed by atoms with E-state index in [1.807, 2.05) is 24.3 Å². The highest BCUT2D eigenvalue weighted by molar-refractivity contribution is 6.30. The molecule has 168 valence electrons. The monoisotopic (exact) mass is 463 g/mol. The Kier molecular flexibility index (Phi) is 6.19. The fraction of sp³-hybridized carbons (Fsp3) is 0.192. The molecule has 7 heteroatoms. The molecule has 1 aliphatic heterocycles. The average molecular weight is 464 g/mol. The zero-order chi connectivity index (χ0) is 23.6. The van der Waals surface area contributed by atoms with Crippen molar-refractivity contribution in [3.05, 3.63) is 87.9 Å². The van der Waals surface area contributed by atoms with E-state index in [2.05, 4.69) is 5.92 Å². The van der Waals surface area contributed by atoms with Crippen molar-refractivity contribution in [2.24, 2.45) is 0 Å². The number of hydrogen-bond acceptors (Lipinski definition) is 5. The Bertz CT molecular complexity index is 1210. The summed E-state index contributed by atoms with van der Waals surface area (Å²) in [4.78, 5) is 14.9. The second-order valence-electron chi connectivity index (χ2n) is 7.43. The van der Waals surface area contributed by atoms with Crippen LogP contribution in [0.4, 0.5) is 0 Å². The molecule has 3 aromatic carbocycles. The van der Waals surface area contributed by atoms with Crippen LogP contribution in [-0.4, -0.2) is 36.7 Å². The first-order valence-electron chi connectivity index (χ1n) is 10.1. The Labute approximate surface area is 197 Å². The predicted molar refractivity (Wildman–Crippen MR) is 125 cm³/mol. The number of fused-ring (bicyclic) bond motifs is 1. The first-order valence-corrected chi connectivity index (χ1v) is 10.5. The Morgan fingerprint density at radius 1 is 1.06 bits per heavy atom. The van der Waals surface area contributed by atoms with Crippen LogP contribution in [0.15, 0.2) is 60.7 Å². The number of carbonyl (C=O) groups excluding carboxylic acids is 1. The van der Waals surface area contributed by atoms with E-state index in [0.29, 0.717) is 27.3 Å². The Morgan fingerprint density at radius 2 is 1.70 bits per heavy atom. The van der Waals surface area contributed by atoms with Gasteiger partial charge in [0, 0.05) is 21.7 Å². The number of benzene rings is 3. The maximum atomic E-state index is 13.4. The lowest BCUT2D eigenvalue weighted by molar-refractivity contribution is -0.112. The molecule has 3 aromatic rings. The van der Waals surface area contributed by atoms with Gasteiger partial charge < -0.3 is 19.3 Å². The molecule has 33 heavy (non-hydrogen) atoms. The molecule has 1 aliphatic rings. The van der Waals surface area contributed by atoms with Crippen LogP contribution in [0.3, 0.4) is 0 Å². The minimum absolute atomic E-state index is 0.0400. The normalized spacial score (nSPS) is 16.9. The highest BCUT2D eigenvalue weighted by atomic mass is 35.5. The smallest absolute Gasteiger partial charge is 0.257 e. The summed E-state index contributed by atoms with van der Waals surface area (Å²) in [5, 5.41) is 10.8. The van der Waals surface area contributed by atoms with E-state index in [0.717, 1.165) is 0 Å². The Morgan fingerprint density at radius 3 is 2.30 bits per heavy atom. The average Bonchev–Trinajstić information content (AvgIpc) is 3.08.